The fourth-order valence-corrected chi connectivity index (χ4v) is 3.81. The van der Waals surface area contributed by atoms with E-state index in [9.17, 15) is 19.2 Å². The summed E-state index contributed by atoms with van der Waals surface area (Å²) in [4.78, 5) is 44.8. The Bertz CT molecular complexity index is 496. The molecule has 0 aromatic carbocycles. The number of alkyl carbamates (subject to hydrolysis) is 1. The topological polar surface area (TPSA) is 178 Å². The second-order valence-corrected chi connectivity index (χ2v) is 8.25. The molecule has 0 spiro atoms. The number of ether oxygens (including phenoxy) is 1. The van der Waals surface area contributed by atoms with Crippen LogP contribution in [0.25, 0.3) is 0 Å². The van der Waals surface area contributed by atoms with Crippen LogP contribution in [0.4, 0.5) is 4.79 Å². The molecule has 0 saturated carbocycles. The maximum absolute atomic E-state index is 11.8. The van der Waals surface area contributed by atoms with Gasteiger partial charge in [0.05, 0.1) is 12.8 Å². The Morgan fingerprint density at radius 2 is 1.38 bits per heavy atom. The van der Waals surface area contributed by atoms with Crippen LogP contribution in [0.2, 0.25) is 6.04 Å². The number of amides is 1. The second-order valence-electron chi connectivity index (χ2n) is 5.16. The van der Waals surface area contributed by atoms with E-state index in [1.165, 1.54) is 21.3 Å². The van der Waals surface area contributed by atoms with Gasteiger partial charge in [0.1, 0.15) is 0 Å². The molecular weight excluding hydrogens is 374 g/mol. The molecule has 0 rings (SSSR count). The Balaban J connectivity index is 4.83. The normalized spacial score (nSPS) is 11.7. The van der Waals surface area contributed by atoms with Gasteiger partial charge in [-0.05, 0) is 6.42 Å². The molecule has 0 aromatic rings. The number of hydrogen-bond acceptors (Lipinski definition) is 8. The van der Waals surface area contributed by atoms with Crippen molar-refractivity contribution in [2.75, 3.05) is 27.9 Å². The van der Waals surface area contributed by atoms with Crippen molar-refractivity contribution < 1.29 is 52.5 Å². The monoisotopic (exact) mass is 397 g/mol. The third kappa shape index (κ3) is 7.34. The van der Waals surface area contributed by atoms with Gasteiger partial charge in [0.15, 0.2) is 0 Å². The van der Waals surface area contributed by atoms with E-state index in [1.807, 2.05) is 0 Å². The van der Waals surface area contributed by atoms with Crippen LogP contribution in [0, 0.1) is 0 Å². The van der Waals surface area contributed by atoms with E-state index in [1.54, 1.807) is 0 Å². The first-order chi connectivity index (χ1) is 12.1. The van der Waals surface area contributed by atoms with Crippen molar-refractivity contribution in [3.63, 3.8) is 0 Å². The number of carbonyl (C=O) groups excluding carboxylic acids is 1. The van der Waals surface area contributed by atoms with Crippen LogP contribution in [0.5, 0.6) is 0 Å². The smallest absolute Gasteiger partial charge is 0.481 e. The lowest BCUT2D eigenvalue weighted by atomic mass is 9.95. The van der Waals surface area contributed by atoms with Gasteiger partial charge in [-0.3, -0.25) is 9.59 Å². The van der Waals surface area contributed by atoms with Gasteiger partial charge >= 0.3 is 32.8 Å². The Morgan fingerprint density at radius 3 is 1.73 bits per heavy atom. The van der Waals surface area contributed by atoms with Crippen LogP contribution in [0.1, 0.15) is 19.3 Å². The maximum Gasteiger partial charge on any atom is 0.500 e. The van der Waals surface area contributed by atoms with Crippen molar-refractivity contribution >= 4 is 32.8 Å². The lowest BCUT2D eigenvalue weighted by Gasteiger charge is -2.26. The van der Waals surface area contributed by atoms with Crippen molar-refractivity contribution in [2.24, 2.45) is 0 Å². The van der Waals surface area contributed by atoms with Gasteiger partial charge in [0, 0.05) is 33.9 Å². The minimum absolute atomic E-state index is 0.0134. The van der Waals surface area contributed by atoms with Crippen LogP contribution in [-0.4, -0.2) is 81.6 Å². The molecular formula is C13H23NO11Si. The van der Waals surface area contributed by atoms with Gasteiger partial charge in [-0.2, -0.15) is 0 Å². The highest BCUT2D eigenvalue weighted by Crippen LogP contribution is 2.22. The minimum Gasteiger partial charge on any atom is -0.481 e. The third-order valence-electron chi connectivity index (χ3n) is 3.41. The number of nitrogens with one attached hydrogen (secondary N) is 1. The standard InChI is InChI=1S/C13H23NO11Si/c1-22-26(23-2,24-3)6-4-5-14-12(21)25-13(11(19)20,7-9(15)16)8-10(17)18/h4-8H2,1-3H3,(H,14,21)(H,15,16)(H,17,18)(H,19,20). The van der Waals surface area contributed by atoms with Gasteiger partial charge in [-0.1, -0.05) is 0 Å². The molecule has 12 nitrogen and oxygen atoms in total. The number of carboxylic acid groups (broad SMARTS) is 3. The van der Waals surface area contributed by atoms with E-state index in [0.717, 1.165) is 0 Å². The van der Waals surface area contributed by atoms with Crippen LogP contribution >= 0.6 is 0 Å². The number of aliphatic carboxylic acids is 3. The average molecular weight is 397 g/mol. The molecule has 0 aliphatic heterocycles. The number of hydrogen-bond donors (Lipinski definition) is 4. The van der Waals surface area contributed by atoms with Gasteiger partial charge < -0.3 is 38.7 Å². The van der Waals surface area contributed by atoms with E-state index >= 15 is 0 Å². The molecule has 0 aromatic heterocycles. The predicted molar refractivity (Wildman–Crippen MR) is 85.6 cm³/mol. The molecule has 0 radical (unpaired) electrons. The minimum atomic E-state index is -2.84. The van der Waals surface area contributed by atoms with E-state index in [-0.39, 0.29) is 6.54 Å². The van der Waals surface area contributed by atoms with Crippen LogP contribution in [-0.2, 0) is 32.4 Å². The number of rotatable bonds is 13. The van der Waals surface area contributed by atoms with Crippen LogP contribution in [0.15, 0.2) is 0 Å². The highest BCUT2D eigenvalue weighted by Gasteiger charge is 2.47. The Labute approximate surface area is 150 Å². The fourth-order valence-electron chi connectivity index (χ4n) is 2.08. The summed E-state index contributed by atoms with van der Waals surface area (Å²) < 4.78 is 20.2. The molecule has 0 unspecified atom stereocenters. The predicted octanol–water partition coefficient (Wildman–Crippen LogP) is -0.246. The van der Waals surface area contributed by atoms with Crippen molar-refractivity contribution in [3.05, 3.63) is 0 Å². The van der Waals surface area contributed by atoms with Crippen molar-refractivity contribution in [1.82, 2.24) is 5.32 Å². The first kappa shape index (κ1) is 23.8. The Morgan fingerprint density at radius 1 is 0.923 bits per heavy atom. The molecule has 26 heavy (non-hydrogen) atoms. The Hall–Kier alpha value is -2.22. The molecule has 0 fully saturated rings. The van der Waals surface area contributed by atoms with E-state index in [2.05, 4.69) is 10.1 Å². The first-order valence-corrected chi connectivity index (χ1v) is 9.29. The van der Waals surface area contributed by atoms with Gasteiger partial charge in [0.2, 0.25) is 5.60 Å². The molecule has 150 valence electrons. The van der Waals surface area contributed by atoms with Crippen molar-refractivity contribution in [2.45, 2.75) is 30.9 Å². The summed E-state index contributed by atoms with van der Waals surface area (Å²) >= 11 is 0. The van der Waals surface area contributed by atoms with Crippen molar-refractivity contribution in [1.29, 1.82) is 0 Å². The molecule has 0 bridgehead atoms. The van der Waals surface area contributed by atoms with E-state index in [4.69, 9.17) is 28.6 Å². The largest absolute Gasteiger partial charge is 0.500 e. The second kappa shape index (κ2) is 10.7. The van der Waals surface area contributed by atoms with E-state index < -0.39 is 51.2 Å². The van der Waals surface area contributed by atoms with Gasteiger partial charge in [-0.25, -0.2) is 9.59 Å². The zero-order valence-electron chi connectivity index (χ0n) is 14.6. The molecule has 4 N–H and O–H groups in total. The summed E-state index contributed by atoms with van der Waals surface area (Å²) in [5.74, 6) is -5.13. The molecule has 1 amide bonds. The molecule has 0 atom stereocenters. The summed E-state index contributed by atoms with van der Waals surface area (Å²) in [6.45, 7) is 0.0134. The molecule has 0 heterocycles. The Kier molecular flexibility index (Phi) is 9.78. The summed E-state index contributed by atoms with van der Waals surface area (Å²) in [6, 6.07) is 0.338. The van der Waals surface area contributed by atoms with E-state index in [0.29, 0.717) is 12.5 Å². The van der Waals surface area contributed by atoms with Gasteiger partial charge in [-0.15, -0.1) is 0 Å². The molecule has 0 aliphatic rings. The van der Waals surface area contributed by atoms with Gasteiger partial charge in [0.25, 0.3) is 0 Å². The lowest BCUT2D eigenvalue weighted by molar-refractivity contribution is -0.170. The summed E-state index contributed by atoms with van der Waals surface area (Å²) in [6.07, 6.45) is -3.33. The third-order valence-corrected chi connectivity index (χ3v) is 6.25. The molecule has 0 aliphatic carbocycles. The average Bonchev–Trinajstić information content (AvgIpc) is 2.54. The lowest BCUT2D eigenvalue weighted by Crippen LogP contribution is -2.49. The van der Waals surface area contributed by atoms with Crippen LogP contribution < -0.4 is 5.32 Å². The summed E-state index contributed by atoms with van der Waals surface area (Å²) in [5.41, 5.74) is -2.72. The summed E-state index contributed by atoms with van der Waals surface area (Å²) in [7, 11) is 1.41. The zero-order chi connectivity index (χ0) is 20.4. The quantitative estimate of drug-likeness (QED) is 0.238. The van der Waals surface area contributed by atoms with Crippen LogP contribution in [0.3, 0.4) is 0 Å². The highest BCUT2D eigenvalue weighted by atomic mass is 28.4. The molecule has 13 heteroatoms. The summed E-state index contributed by atoms with van der Waals surface area (Å²) in [5, 5.41) is 29.0. The number of carboxylic acids is 3. The first-order valence-electron chi connectivity index (χ1n) is 7.35. The maximum atomic E-state index is 11.8. The zero-order valence-corrected chi connectivity index (χ0v) is 15.6. The fraction of sp³-hybridized carbons (Fsp3) is 0.692. The molecule has 0 saturated heterocycles. The SMILES string of the molecule is CO[Si](CCCNC(=O)OC(CC(=O)O)(CC(=O)O)C(=O)O)(OC)OC. The van der Waals surface area contributed by atoms with Crippen molar-refractivity contribution in [3.8, 4) is 0 Å². The number of carbonyl (C=O) groups is 4. The highest BCUT2D eigenvalue weighted by molar-refractivity contribution is 6.60.